The third-order valence-electron chi connectivity index (χ3n) is 5.28. The predicted molar refractivity (Wildman–Crippen MR) is 112 cm³/mol. The summed E-state index contributed by atoms with van der Waals surface area (Å²) in [5, 5.41) is 7.23. The van der Waals surface area contributed by atoms with Gasteiger partial charge in [-0.05, 0) is 50.1 Å². The fraction of sp³-hybridized carbons (Fsp3) is 0.261. The van der Waals surface area contributed by atoms with Crippen LogP contribution in [-0.4, -0.2) is 39.6 Å². The number of piperidine rings is 1. The van der Waals surface area contributed by atoms with Crippen LogP contribution >= 0.6 is 0 Å². The second-order valence-corrected chi connectivity index (χ2v) is 7.41. The van der Waals surface area contributed by atoms with E-state index < -0.39 is 0 Å². The number of nitrogens with one attached hydrogen (secondary N) is 1. The number of hydrogen-bond acceptors (Lipinski definition) is 3. The average Bonchev–Trinajstić information content (AvgIpc) is 3.30. The van der Waals surface area contributed by atoms with Crippen molar-refractivity contribution in [3.8, 4) is 5.69 Å². The van der Waals surface area contributed by atoms with Crippen LogP contribution in [0.5, 0.6) is 0 Å². The fourth-order valence-electron chi connectivity index (χ4n) is 3.69. The summed E-state index contributed by atoms with van der Waals surface area (Å²) in [5.41, 5.74) is 3.27. The number of hydrogen-bond donors (Lipinski definition) is 1. The smallest absolute Gasteiger partial charge is 0.256 e. The first-order chi connectivity index (χ1) is 14.1. The number of rotatable bonds is 4. The van der Waals surface area contributed by atoms with Gasteiger partial charge in [0.05, 0.1) is 17.2 Å². The molecule has 1 atom stereocenters. The Morgan fingerprint density at radius 2 is 1.86 bits per heavy atom. The fourth-order valence-corrected chi connectivity index (χ4v) is 3.69. The maximum atomic E-state index is 13.2. The lowest BCUT2D eigenvalue weighted by Gasteiger charge is -2.32. The van der Waals surface area contributed by atoms with Crippen LogP contribution in [0.2, 0.25) is 0 Å². The topological polar surface area (TPSA) is 67.2 Å². The molecule has 148 valence electrons. The maximum Gasteiger partial charge on any atom is 0.256 e. The van der Waals surface area contributed by atoms with Crippen molar-refractivity contribution in [1.29, 1.82) is 0 Å². The van der Waals surface area contributed by atoms with Crippen LogP contribution in [0.1, 0.15) is 28.8 Å². The van der Waals surface area contributed by atoms with Crippen LogP contribution in [0, 0.1) is 12.8 Å². The lowest BCUT2D eigenvalue weighted by atomic mass is 9.96. The predicted octanol–water partition coefficient (Wildman–Crippen LogP) is 3.67. The normalized spacial score (nSPS) is 16.4. The van der Waals surface area contributed by atoms with Crippen molar-refractivity contribution in [2.24, 2.45) is 5.92 Å². The molecule has 1 fully saturated rings. The Kier molecular flexibility index (Phi) is 5.42. The number of benzene rings is 2. The van der Waals surface area contributed by atoms with Crippen molar-refractivity contribution in [1.82, 2.24) is 14.7 Å². The van der Waals surface area contributed by atoms with E-state index in [1.54, 1.807) is 15.8 Å². The molecule has 6 heteroatoms. The number of nitrogens with zero attached hydrogens (tertiary/aromatic N) is 3. The van der Waals surface area contributed by atoms with Gasteiger partial charge < -0.3 is 10.2 Å². The van der Waals surface area contributed by atoms with E-state index in [2.05, 4.69) is 10.4 Å². The largest absolute Gasteiger partial charge is 0.338 e. The Balaban J connectivity index is 1.48. The Morgan fingerprint density at radius 1 is 1.07 bits per heavy atom. The van der Waals surface area contributed by atoms with Crippen LogP contribution in [0.3, 0.4) is 0 Å². The van der Waals surface area contributed by atoms with Gasteiger partial charge in [-0.1, -0.05) is 29.8 Å². The molecule has 2 heterocycles. The zero-order valence-corrected chi connectivity index (χ0v) is 16.4. The van der Waals surface area contributed by atoms with Gasteiger partial charge in [0.2, 0.25) is 5.91 Å². The SMILES string of the molecule is Cc1ccc(NC(=O)C2CCCN(C(=O)c3ccccc3-n3cccn3)C2)cc1. The zero-order chi connectivity index (χ0) is 20.2. The molecule has 2 amide bonds. The highest BCUT2D eigenvalue weighted by Gasteiger charge is 2.30. The number of aryl methyl sites for hydroxylation is 1. The second kappa shape index (κ2) is 8.31. The molecule has 0 saturated carbocycles. The van der Waals surface area contributed by atoms with E-state index in [4.69, 9.17) is 0 Å². The third kappa shape index (κ3) is 4.21. The van der Waals surface area contributed by atoms with Gasteiger partial charge in [-0.2, -0.15) is 5.10 Å². The molecule has 6 nitrogen and oxygen atoms in total. The minimum Gasteiger partial charge on any atom is -0.338 e. The number of carbonyl (C=O) groups excluding carboxylic acids is 2. The summed E-state index contributed by atoms with van der Waals surface area (Å²) in [7, 11) is 0. The summed E-state index contributed by atoms with van der Waals surface area (Å²) in [4.78, 5) is 27.8. The Hall–Kier alpha value is -3.41. The number of likely N-dealkylation sites (tertiary alicyclic amines) is 1. The number of amides is 2. The second-order valence-electron chi connectivity index (χ2n) is 7.41. The molecule has 3 aromatic rings. The maximum absolute atomic E-state index is 13.2. The molecule has 0 spiro atoms. The Morgan fingerprint density at radius 3 is 2.62 bits per heavy atom. The molecule has 1 saturated heterocycles. The quantitative estimate of drug-likeness (QED) is 0.742. The molecular formula is C23H24N4O2. The van der Waals surface area contributed by atoms with Gasteiger partial charge in [0.15, 0.2) is 0 Å². The molecule has 1 unspecified atom stereocenters. The van der Waals surface area contributed by atoms with Gasteiger partial charge in [0, 0.05) is 31.2 Å². The van der Waals surface area contributed by atoms with Gasteiger partial charge >= 0.3 is 0 Å². The van der Waals surface area contributed by atoms with Crippen LogP contribution in [0.15, 0.2) is 67.0 Å². The average molecular weight is 388 g/mol. The van der Waals surface area contributed by atoms with Crippen LogP contribution in [0.4, 0.5) is 5.69 Å². The summed E-state index contributed by atoms with van der Waals surface area (Å²) < 4.78 is 1.69. The van der Waals surface area contributed by atoms with Crippen molar-refractivity contribution in [3.63, 3.8) is 0 Å². The van der Waals surface area contributed by atoms with Crippen LogP contribution in [0.25, 0.3) is 5.69 Å². The molecule has 0 radical (unpaired) electrons. The molecule has 29 heavy (non-hydrogen) atoms. The molecule has 0 aliphatic carbocycles. The molecule has 1 N–H and O–H groups in total. The Bertz CT molecular complexity index is 996. The highest BCUT2D eigenvalue weighted by Crippen LogP contribution is 2.23. The van der Waals surface area contributed by atoms with Crippen molar-refractivity contribution in [2.45, 2.75) is 19.8 Å². The Labute approximate surface area is 170 Å². The van der Waals surface area contributed by atoms with E-state index >= 15 is 0 Å². The third-order valence-corrected chi connectivity index (χ3v) is 5.28. The summed E-state index contributed by atoms with van der Waals surface area (Å²) in [6, 6.07) is 17.0. The number of anilines is 1. The van der Waals surface area contributed by atoms with Gasteiger partial charge in [-0.3, -0.25) is 9.59 Å². The summed E-state index contributed by atoms with van der Waals surface area (Å²) in [6.07, 6.45) is 5.09. The summed E-state index contributed by atoms with van der Waals surface area (Å²) in [6.45, 7) is 3.09. The molecule has 1 aromatic heterocycles. The first-order valence-corrected chi connectivity index (χ1v) is 9.87. The lowest BCUT2D eigenvalue weighted by molar-refractivity contribution is -0.121. The minimum atomic E-state index is -0.217. The van der Waals surface area contributed by atoms with Gasteiger partial charge in [0.25, 0.3) is 5.91 Å². The monoisotopic (exact) mass is 388 g/mol. The van der Waals surface area contributed by atoms with Gasteiger partial charge in [0.1, 0.15) is 0 Å². The lowest BCUT2D eigenvalue weighted by Crippen LogP contribution is -2.44. The molecule has 1 aliphatic heterocycles. The highest BCUT2D eigenvalue weighted by atomic mass is 16.2. The summed E-state index contributed by atoms with van der Waals surface area (Å²) in [5.74, 6) is -0.318. The first kappa shape index (κ1) is 18.9. The number of carbonyl (C=O) groups is 2. The van der Waals surface area contributed by atoms with E-state index in [0.717, 1.165) is 29.8 Å². The standard InChI is InChI=1S/C23H24N4O2/c1-17-9-11-19(12-10-17)25-22(28)18-6-4-14-26(16-18)23(29)20-7-2-3-8-21(20)27-15-5-13-24-27/h2-3,5,7-13,15,18H,4,6,14,16H2,1H3,(H,25,28). The molecule has 4 rings (SSSR count). The molecule has 0 bridgehead atoms. The van der Waals surface area contributed by atoms with Crippen molar-refractivity contribution in [2.75, 3.05) is 18.4 Å². The van der Waals surface area contributed by atoms with E-state index in [1.165, 1.54) is 0 Å². The highest BCUT2D eigenvalue weighted by molar-refractivity contribution is 5.99. The van der Waals surface area contributed by atoms with Crippen LogP contribution in [-0.2, 0) is 4.79 Å². The van der Waals surface area contributed by atoms with Crippen molar-refractivity contribution < 1.29 is 9.59 Å². The summed E-state index contributed by atoms with van der Waals surface area (Å²) >= 11 is 0. The van der Waals surface area contributed by atoms with Crippen LogP contribution < -0.4 is 5.32 Å². The minimum absolute atomic E-state index is 0.0354. The van der Waals surface area contributed by atoms with Crippen molar-refractivity contribution >= 4 is 17.5 Å². The molecule has 1 aliphatic rings. The van der Waals surface area contributed by atoms with E-state index in [0.29, 0.717) is 18.7 Å². The zero-order valence-electron chi connectivity index (χ0n) is 16.4. The van der Waals surface area contributed by atoms with Gasteiger partial charge in [-0.25, -0.2) is 4.68 Å². The first-order valence-electron chi connectivity index (χ1n) is 9.87. The van der Waals surface area contributed by atoms with Crippen molar-refractivity contribution in [3.05, 3.63) is 78.1 Å². The number of para-hydroxylation sites is 1. The molecule has 2 aromatic carbocycles. The number of aromatic nitrogens is 2. The van der Waals surface area contributed by atoms with E-state index in [1.807, 2.05) is 67.7 Å². The molecular weight excluding hydrogens is 364 g/mol. The van der Waals surface area contributed by atoms with E-state index in [-0.39, 0.29) is 17.7 Å². The van der Waals surface area contributed by atoms with E-state index in [9.17, 15) is 9.59 Å². The van der Waals surface area contributed by atoms with Gasteiger partial charge in [-0.15, -0.1) is 0 Å².